The molecule has 3 rings (SSSR count). The highest BCUT2D eigenvalue weighted by molar-refractivity contribution is 7.46. The molecule has 0 saturated carbocycles. The summed E-state index contributed by atoms with van der Waals surface area (Å²) in [6.07, 6.45) is 0. The smallest absolute Gasteiger partial charge is 0.505 e. The lowest BCUT2D eigenvalue weighted by atomic mass is 10.2. The van der Waals surface area contributed by atoms with Gasteiger partial charge >= 0.3 is 7.82 Å². The Hall–Kier alpha value is -2.83. The lowest BCUT2D eigenvalue weighted by molar-refractivity contribution is -0.122. The average Bonchev–Trinajstić information content (AvgIpc) is 2.66. The Balaban J connectivity index is 0.000000228. The van der Waals surface area contributed by atoms with Gasteiger partial charge in [0.05, 0.1) is 0 Å². The summed E-state index contributed by atoms with van der Waals surface area (Å²) in [6, 6.07) is 20.7. The molecule has 0 heterocycles. The predicted octanol–water partition coefficient (Wildman–Crippen LogP) is 4.80. The molecule has 0 fully saturated rings. The largest absolute Gasteiger partial charge is 0.508 e. The number of aromatic hydroxyl groups is 2. The van der Waals surface area contributed by atoms with Gasteiger partial charge in [-0.15, -0.1) is 0 Å². The van der Waals surface area contributed by atoms with E-state index in [2.05, 4.69) is 9.56 Å². The highest BCUT2D eigenvalue weighted by Crippen LogP contribution is 2.36. The second-order valence-corrected chi connectivity index (χ2v) is 7.26. The first kappa shape index (κ1) is 24.2. The van der Waals surface area contributed by atoms with Crippen LogP contribution in [0.15, 0.2) is 72.8 Å². The van der Waals surface area contributed by atoms with Crippen LogP contribution >= 0.6 is 7.82 Å². The Kier molecular flexibility index (Phi) is 9.92. The van der Waals surface area contributed by atoms with Crippen LogP contribution in [0.2, 0.25) is 0 Å². The molecule has 7 nitrogen and oxygen atoms in total. The number of hydrogen-bond acceptors (Lipinski definition) is 5. The molecule has 0 atom stereocenters. The van der Waals surface area contributed by atoms with Gasteiger partial charge in [0, 0.05) is 0 Å². The van der Waals surface area contributed by atoms with Crippen molar-refractivity contribution in [2.45, 2.75) is 20.8 Å². The summed E-state index contributed by atoms with van der Waals surface area (Å²) >= 11 is 0. The summed E-state index contributed by atoms with van der Waals surface area (Å²) in [6.45, 7) is 5.85. The quantitative estimate of drug-likeness (QED) is 0.273. The van der Waals surface area contributed by atoms with E-state index in [1.807, 2.05) is 45.0 Å². The number of phenols is 2. The molecule has 29 heavy (non-hydrogen) atoms. The summed E-state index contributed by atoms with van der Waals surface area (Å²) in [5.41, 5.74) is 3.36. The second-order valence-electron chi connectivity index (χ2n) is 6.13. The molecule has 8 heteroatoms. The molecule has 0 saturated heterocycles. The van der Waals surface area contributed by atoms with Gasteiger partial charge in [-0.25, -0.2) is 4.57 Å². The molecule has 0 aliphatic heterocycles. The molecule has 0 radical (unpaired) electrons. The number of hydrogen-bond donors (Lipinski definition) is 4. The zero-order valence-electron chi connectivity index (χ0n) is 16.4. The normalized spacial score (nSPS) is 10.1. The Labute approximate surface area is 170 Å². The van der Waals surface area contributed by atoms with Gasteiger partial charge in [-0.05, 0) is 57.2 Å². The standard InChI is InChI=1S/C7H9O5P.2C7H8O/c1-6-2-4-7(5-3-6)11-12-13(8,9)10;2*1-6-2-4-7(8)5-3-6/h2-5H,1H3,(H2,8,9,10);2*2-5,8H,1H3. The summed E-state index contributed by atoms with van der Waals surface area (Å²) < 4.78 is 14.0. The van der Waals surface area contributed by atoms with Crippen molar-refractivity contribution in [1.82, 2.24) is 0 Å². The van der Waals surface area contributed by atoms with E-state index < -0.39 is 7.82 Å². The van der Waals surface area contributed by atoms with Crippen molar-refractivity contribution in [1.29, 1.82) is 0 Å². The summed E-state index contributed by atoms with van der Waals surface area (Å²) in [7, 11) is -4.57. The van der Waals surface area contributed by atoms with Gasteiger partial charge in [-0.2, -0.15) is 0 Å². The topological polar surface area (TPSA) is 116 Å². The highest BCUT2D eigenvalue weighted by Gasteiger charge is 2.16. The summed E-state index contributed by atoms with van der Waals surface area (Å²) in [4.78, 5) is 21.0. The van der Waals surface area contributed by atoms with Crippen molar-refractivity contribution < 1.29 is 34.1 Å². The van der Waals surface area contributed by atoms with E-state index >= 15 is 0 Å². The molecule has 0 aliphatic rings. The van der Waals surface area contributed by atoms with Gasteiger partial charge in [0.15, 0.2) is 5.75 Å². The first-order chi connectivity index (χ1) is 13.5. The molecular weight excluding hydrogens is 395 g/mol. The minimum atomic E-state index is -4.57. The van der Waals surface area contributed by atoms with E-state index in [1.54, 1.807) is 48.5 Å². The van der Waals surface area contributed by atoms with Crippen LogP contribution < -0.4 is 4.89 Å². The van der Waals surface area contributed by atoms with Crippen LogP contribution in [0.5, 0.6) is 17.2 Å². The molecule has 0 amide bonds. The van der Waals surface area contributed by atoms with Crippen molar-refractivity contribution >= 4 is 7.82 Å². The van der Waals surface area contributed by atoms with E-state index in [-0.39, 0.29) is 5.75 Å². The maximum absolute atomic E-state index is 10.2. The third kappa shape index (κ3) is 12.3. The van der Waals surface area contributed by atoms with Gasteiger partial charge in [0.25, 0.3) is 0 Å². The Morgan fingerprint density at radius 3 is 1.21 bits per heavy atom. The third-order valence-corrected chi connectivity index (χ3v) is 3.59. The van der Waals surface area contributed by atoms with Crippen molar-refractivity contribution in [3.63, 3.8) is 0 Å². The third-order valence-electron chi connectivity index (χ3n) is 3.32. The van der Waals surface area contributed by atoms with Gasteiger partial charge in [0.2, 0.25) is 0 Å². The average molecular weight is 420 g/mol. The number of benzene rings is 3. The molecule has 156 valence electrons. The zero-order chi connectivity index (χ0) is 21.9. The van der Waals surface area contributed by atoms with Gasteiger partial charge < -0.3 is 24.9 Å². The van der Waals surface area contributed by atoms with Crippen molar-refractivity contribution in [2.24, 2.45) is 0 Å². The molecule has 3 aromatic carbocycles. The van der Waals surface area contributed by atoms with Crippen molar-refractivity contribution in [3.8, 4) is 17.2 Å². The first-order valence-electron chi connectivity index (χ1n) is 8.55. The number of rotatable bonds is 3. The van der Waals surface area contributed by atoms with Crippen LogP contribution in [-0.2, 0) is 9.24 Å². The molecule has 3 aromatic rings. The fourth-order valence-corrected chi connectivity index (χ4v) is 1.96. The van der Waals surface area contributed by atoms with Crippen LogP contribution in [0, 0.1) is 20.8 Å². The number of aryl methyl sites for hydroxylation is 3. The van der Waals surface area contributed by atoms with E-state index in [0.29, 0.717) is 11.5 Å². The van der Waals surface area contributed by atoms with Crippen molar-refractivity contribution in [2.75, 3.05) is 0 Å². The SMILES string of the molecule is Cc1ccc(O)cc1.Cc1ccc(O)cc1.Cc1ccc(OOP(=O)(O)O)cc1. The molecule has 0 aromatic heterocycles. The van der Waals surface area contributed by atoms with Crippen molar-refractivity contribution in [3.05, 3.63) is 89.5 Å². The minimum Gasteiger partial charge on any atom is -0.508 e. The molecule has 4 N–H and O–H groups in total. The summed E-state index contributed by atoms with van der Waals surface area (Å²) in [5.74, 6) is 0.903. The fourth-order valence-electron chi connectivity index (χ4n) is 1.77. The lowest BCUT2D eigenvalue weighted by Gasteiger charge is -2.04. The summed E-state index contributed by atoms with van der Waals surface area (Å²) in [5, 5.41) is 17.5. The monoisotopic (exact) mass is 420 g/mol. The highest BCUT2D eigenvalue weighted by atomic mass is 31.2. The van der Waals surface area contributed by atoms with Crippen LogP contribution in [0.1, 0.15) is 16.7 Å². The van der Waals surface area contributed by atoms with Gasteiger partial charge in [0.1, 0.15) is 11.5 Å². The minimum absolute atomic E-state index is 0.244. The predicted molar refractivity (Wildman–Crippen MR) is 111 cm³/mol. The van der Waals surface area contributed by atoms with Gasteiger partial charge in [-0.3, -0.25) is 0 Å². The Morgan fingerprint density at radius 1 is 0.621 bits per heavy atom. The number of phosphoric acid groups is 1. The van der Waals surface area contributed by atoms with Crippen LogP contribution in [0.3, 0.4) is 0 Å². The van der Waals surface area contributed by atoms with Gasteiger partial charge in [-0.1, -0.05) is 57.8 Å². The lowest BCUT2D eigenvalue weighted by Crippen LogP contribution is -1.94. The van der Waals surface area contributed by atoms with E-state index in [9.17, 15) is 4.57 Å². The van der Waals surface area contributed by atoms with Crippen LogP contribution in [0.25, 0.3) is 0 Å². The Morgan fingerprint density at radius 2 is 0.931 bits per heavy atom. The molecule has 0 aliphatic carbocycles. The maximum atomic E-state index is 10.2. The number of phenolic OH excluding ortho intramolecular Hbond substituents is 2. The molecule has 0 bridgehead atoms. The first-order valence-corrected chi connectivity index (χ1v) is 10.1. The maximum Gasteiger partial charge on any atom is 0.505 e. The van der Waals surface area contributed by atoms with E-state index in [1.165, 1.54) is 11.1 Å². The Bertz CT molecular complexity index is 800. The van der Waals surface area contributed by atoms with Crippen LogP contribution in [0.4, 0.5) is 0 Å². The molecular formula is C21H25O7P. The fraction of sp³-hybridized carbons (Fsp3) is 0.143. The zero-order valence-corrected chi connectivity index (χ0v) is 17.3. The van der Waals surface area contributed by atoms with Crippen LogP contribution in [-0.4, -0.2) is 20.0 Å². The second kappa shape index (κ2) is 11.9. The molecule has 0 spiro atoms. The van der Waals surface area contributed by atoms with E-state index in [4.69, 9.17) is 20.0 Å². The van der Waals surface area contributed by atoms with E-state index in [0.717, 1.165) is 5.56 Å². The molecule has 0 unspecified atom stereocenters.